The fraction of sp³-hybridized carbons (Fsp3) is 0.200. The molecule has 0 aromatic heterocycles. The number of hydrogen-bond acceptors (Lipinski definition) is 6. The number of nitriles is 1. The van der Waals surface area contributed by atoms with Gasteiger partial charge in [0.1, 0.15) is 24.9 Å². The number of anilines is 1. The number of ether oxygens (including phenoxy) is 4. The highest BCUT2D eigenvalue weighted by atomic mass is 79.9. The Bertz CT molecular complexity index is 1630. The zero-order valence-corrected chi connectivity index (χ0v) is 25.9. The Labute approximate surface area is 260 Å². The van der Waals surface area contributed by atoms with Gasteiger partial charge in [0.15, 0.2) is 23.0 Å². The fourth-order valence-electron chi connectivity index (χ4n) is 4.21. The van der Waals surface area contributed by atoms with Crippen LogP contribution in [0.2, 0.25) is 0 Å². The van der Waals surface area contributed by atoms with Crippen molar-refractivity contribution >= 4 is 33.6 Å². The minimum absolute atomic E-state index is 0.0377. The van der Waals surface area contributed by atoms with Crippen LogP contribution < -0.4 is 24.3 Å². The number of amides is 1. The number of rotatable bonds is 13. The molecule has 43 heavy (non-hydrogen) atoms. The third kappa shape index (κ3) is 8.63. The van der Waals surface area contributed by atoms with Crippen LogP contribution in [0, 0.1) is 18.3 Å². The number of aryl methyl sites for hydroxylation is 1. The monoisotopic (exact) mass is 640 g/mol. The van der Waals surface area contributed by atoms with Crippen LogP contribution in [-0.4, -0.2) is 19.1 Å². The molecule has 0 heterocycles. The minimum Gasteiger partial charge on any atom is -0.490 e. The van der Waals surface area contributed by atoms with Gasteiger partial charge in [-0.3, -0.25) is 4.79 Å². The second-order valence-electron chi connectivity index (χ2n) is 9.48. The van der Waals surface area contributed by atoms with E-state index < -0.39 is 5.91 Å². The van der Waals surface area contributed by atoms with Crippen LogP contribution in [0.3, 0.4) is 0 Å². The molecule has 7 nitrogen and oxygen atoms in total. The van der Waals surface area contributed by atoms with Gasteiger partial charge in [-0.15, -0.1) is 0 Å². The highest BCUT2D eigenvalue weighted by molar-refractivity contribution is 9.10. The van der Waals surface area contributed by atoms with Crippen LogP contribution in [0.4, 0.5) is 5.69 Å². The van der Waals surface area contributed by atoms with Gasteiger partial charge < -0.3 is 24.3 Å². The lowest BCUT2D eigenvalue weighted by atomic mass is 10.1. The Morgan fingerprint density at radius 1 is 0.814 bits per heavy atom. The molecule has 1 N–H and O–H groups in total. The number of halogens is 1. The van der Waals surface area contributed by atoms with Gasteiger partial charge in [0.2, 0.25) is 0 Å². The summed E-state index contributed by atoms with van der Waals surface area (Å²) in [6.07, 6.45) is 1.52. The predicted molar refractivity (Wildman–Crippen MR) is 171 cm³/mol. The molecule has 220 valence electrons. The van der Waals surface area contributed by atoms with Gasteiger partial charge >= 0.3 is 0 Å². The quantitative estimate of drug-likeness (QED) is 0.117. The summed E-state index contributed by atoms with van der Waals surface area (Å²) in [5.74, 6) is 1.78. The smallest absolute Gasteiger partial charge is 0.266 e. The predicted octanol–water partition coefficient (Wildman–Crippen LogP) is 8.26. The van der Waals surface area contributed by atoms with Crippen molar-refractivity contribution in [3.05, 3.63) is 117 Å². The zero-order chi connectivity index (χ0) is 30.6. The Hall–Kier alpha value is -4.74. The van der Waals surface area contributed by atoms with Crippen LogP contribution >= 0.6 is 15.9 Å². The molecule has 0 bridgehead atoms. The molecular weight excluding hydrogens is 608 g/mol. The number of benzene rings is 4. The molecule has 1 amide bonds. The van der Waals surface area contributed by atoms with Crippen LogP contribution in [0.25, 0.3) is 6.08 Å². The van der Waals surface area contributed by atoms with Crippen molar-refractivity contribution in [1.82, 2.24) is 0 Å². The second-order valence-corrected chi connectivity index (χ2v) is 10.3. The maximum atomic E-state index is 12.8. The van der Waals surface area contributed by atoms with Crippen molar-refractivity contribution in [2.75, 3.05) is 18.5 Å². The second kappa shape index (κ2) is 15.5. The number of hydrogen-bond donors (Lipinski definition) is 1. The molecule has 0 unspecified atom stereocenters. The van der Waals surface area contributed by atoms with Crippen molar-refractivity contribution in [1.29, 1.82) is 5.26 Å². The third-order valence-corrected chi connectivity index (χ3v) is 6.92. The average Bonchev–Trinajstić information content (AvgIpc) is 3.01. The summed E-state index contributed by atoms with van der Waals surface area (Å²) in [6.45, 7) is 7.26. The van der Waals surface area contributed by atoms with Crippen LogP contribution in [0.5, 0.6) is 23.0 Å². The number of carbonyl (C=O) groups is 1. The normalized spacial score (nSPS) is 10.9. The first-order chi connectivity index (χ1) is 20.9. The van der Waals surface area contributed by atoms with E-state index in [2.05, 4.69) is 21.2 Å². The van der Waals surface area contributed by atoms with E-state index in [1.54, 1.807) is 18.2 Å². The van der Waals surface area contributed by atoms with Gasteiger partial charge in [-0.25, -0.2) is 0 Å². The topological polar surface area (TPSA) is 89.8 Å². The summed E-state index contributed by atoms with van der Waals surface area (Å²) < 4.78 is 24.6. The molecule has 4 rings (SSSR count). The van der Waals surface area contributed by atoms with E-state index >= 15 is 0 Å². The van der Waals surface area contributed by atoms with Crippen molar-refractivity contribution in [2.45, 2.75) is 34.0 Å². The van der Waals surface area contributed by atoms with E-state index in [1.807, 2.05) is 93.6 Å². The molecule has 0 fully saturated rings. The van der Waals surface area contributed by atoms with E-state index in [1.165, 1.54) is 6.08 Å². The van der Waals surface area contributed by atoms with Crippen LogP contribution in [0.1, 0.15) is 36.1 Å². The van der Waals surface area contributed by atoms with Gasteiger partial charge in [-0.1, -0.05) is 54.6 Å². The average molecular weight is 642 g/mol. The number of carbonyl (C=O) groups excluding carboxylic acids is 1. The lowest BCUT2D eigenvalue weighted by Gasteiger charge is -2.16. The SMILES string of the molecule is CCOc1cc(COc2c(Br)cc(/C=C(/C#N)C(=O)Nc3ccccc3C)cc2OCC)ccc1OCc1ccccc1. The molecule has 0 spiro atoms. The highest BCUT2D eigenvalue weighted by Gasteiger charge is 2.16. The third-order valence-electron chi connectivity index (χ3n) is 6.33. The van der Waals surface area contributed by atoms with Crippen molar-refractivity contribution in [2.24, 2.45) is 0 Å². The van der Waals surface area contributed by atoms with Gasteiger partial charge in [0.05, 0.1) is 17.7 Å². The molecule has 4 aromatic carbocycles. The lowest BCUT2D eigenvalue weighted by molar-refractivity contribution is -0.112. The standard InChI is InChI=1S/C35H33BrN2O5/c1-4-40-32-19-26(15-16-31(32)42-22-25-12-7-6-8-13-25)23-43-34-29(36)18-27(20-33(34)41-5-2)17-28(21-37)35(39)38-30-14-10-9-11-24(30)3/h6-20H,4-5,22-23H2,1-3H3,(H,38,39)/b28-17-. The number of nitrogens with zero attached hydrogens (tertiary/aromatic N) is 1. The highest BCUT2D eigenvalue weighted by Crippen LogP contribution is 2.39. The minimum atomic E-state index is -0.493. The Balaban J connectivity index is 1.51. The summed E-state index contributed by atoms with van der Waals surface area (Å²) in [5, 5.41) is 12.5. The Kier molecular flexibility index (Phi) is 11.2. The summed E-state index contributed by atoms with van der Waals surface area (Å²) >= 11 is 3.59. The Morgan fingerprint density at radius 2 is 1.51 bits per heavy atom. The first-order valence-corrected chi connectivity index (χ1v) is 14.7. The zero-order valence-electron chi connectivity index (χ0n) is 24.4. The Morgan fingerprint density at radius 3 is 2.23 bits per heavy atom. The number of nitrogens with one attached hydrogen (secondary N) is 1. The molecule has 0 aliphatic carbocycles. The summed E-state index contributed by atoms with van der Waals surface area (Å²) in [6, 6.07) is 28.6. The van der Waals surface area contributed by atoms with E-state index in [4.69, 9.17) is 18.9 Å². The molecule has 0 aliphatic heterocycles. The molecule has 8 heteroatoms. The lowest BCUT2D eigenvalue weighted by Crippen LogP contribution is -2.14. The van der Waals surface area contributed by atoms with Gasteiger partial charge in [0, 0.05) is 5.69 Å². The molecule has 0 aliphatic rings. The maximum absolute atomic E-state index is 12.8. The molecular formula is C35H33BrN2O5. The summed E-state index contributed by atoms with van der Waals surface area (Å²) in [4.78, 5) is 12.8. The molecule has 0 saturated heterocycles. The van der Waals surface area contributed by atoms with E-state index in [9.17, 15) is 10.1 Å². The molecule has 4 aromatic rings. The van der Waals surface area contributed by atoms with Crippen molar-refractivity contribution < 1.29 is 23.7 Å². The first kappa shape index (κ1) is 31.2. The maximum Gasteiger partial charge on any atom is 0.266 e. The largest absolute Gasteiger partial charge is 0.490 e. The molecule has 0 atom stereocenters. The van der Waals surface area contributed by atoms with E-state index in [-0.39, 0.29) is 12.2 Å². The van der Waals surface area contributed by atoms with E-state index in [0.717, 1.165) is 16.7 Å². The molecule has 0 saturated carbocycles. The van der Waals surface area contributed by atoms with E-state index in [0.29, 0.717) is 58.5 Å². The van der Waals surface area contributed by atoms with Crippen LogP contribution in [0.15, 0.2) is 95.0 Å². The fourth-order valence-corrected chi connectivity index (χ4v) is 4.79. The summed E-state index contributed by atoms with van der Waals surface area (Å²) in [5.41, 5.74) is 4.07. The van der Waals surface area contributed by atoms with Crippen LogP contribution in [-0.2, 0) is 18.0 Å². The summed E-state index contributed by atoms with van der Waals surface area (Å²) in [7, 11) is 0. The van der Waals surface area contributed by atoms with Gasteiger partial charge in [0.25, 0.3) is 5.91 Å². The molecule has 0 radical (unpaired) electrons. The van der Waals surface area contributed by atoms with Gasteiger partial charge in [-0.05, 0) is 95.4 Å². The first-order valence-electron chi connectivity index (χ1n) is 13.9. The van der Waals surface area contributed by atoms with Gasteiger partial charge in [-0.2, -0.15) is 5.26 Å². The van der Waals surface area contributed by atoms with Crippen molar-refractivity contribution in [3.63, 3.8) is 0 Å². The van der Waals surface area contributed by atoms with Crippen molar-refractivity contribution in [3.8, 4) is 29.1 Å². The number of para-hydroxylation sites is 1.